The van der Waals surface area contributed by atoms with Crippen molar-refractivity contribution in [2.24, 2.45) is 5.10 Å². The third kappa shape index (κ3) is 3.39. The van der Waals surface area contributed by atoms with Crippen LogP contribution in [0.5, 0.6) is 11.5 Å². The van der Waals surface area contributed by atoms with Crippen LogP contribution in [0.15, 0.2) is 47.6 Å². The van der Waals surface area contributed by atoms with Crippen molar-refractivity contribution in [1.29, 1.82) is 0 Å². The van der Waals surface area contributed by atoms with Gasteiger partial charge in [-0.15, -0.1) is 0 Å². The minimum atomic E-state index is -0.442. The summed E-state index contributed by atoms with van der Waals surface area (Å²) in [7, 11) is 0. The Morgan fingerprint density at radius 2 is 1.96 bits per heavy atom. The number of non-ortho nitro benzene ring substituents is 1. The maximum absolute atomic E-state index is 10.8. The highest BCUT2D eigenvalue weighted by Crippen LogP contribution is 2.31. The first kappa shape index (κ1) is 14.8. The summed E-state index contributed by atoms with van der Waals surface area (Å²) in [6.45, 7) is 2.92. The SMILES string of the molecule is C/C(=N/Nc1cccc([N+](=O)[O-])c1)c1ccc2c(c1)OCCO2. The monoisotopic (exact) mass is 313 g/mol. The summed E-state index contributed by atoms with van der Waals surface area (Å²) in [5.41, 5.74) is 5.01. The molecule has 0 saturated heterocycles. The van der Waals surface area contributed by atoms with Gasteiger partial charge in [-0.1, -0.05) is 6.07 Å². The maximum atomic E-state index is 10.8. The van der Waals surface area contributed by atoms with Crippen molar-refractivity contribution < 1.29 is 14.4 Å². The lowest BCUT2D eigenvalue weighted by atomic mass is 10.1. The Hall–Kier alpha value is -3.09. The summed E-state index contributed by atoms with van der Waals surface area (Å²) in [5, 5.41) is 15.0. The fourth-order valence-electron chi connectivity index (χ4n) is 2.17. The lowest BCUT2D eigenvalue weighted by Crippen LogP contribution is -2.15. The van der Waals surface area contributed by atoms with Gasteiger partial charge in [-0.05, 0) is 31.2 Å². The lowest BCUT2D eigenvalue weighted by molar-refractivity contribution is -0.384. The molecule has 3 rings (SSSR count). The van der Waals surface area contributed by atoms with E-state index in [1.165, 1.54) is 12.1 Å². The normalized spacial score (nSPS) is 13.5. The number of anilines is 1. The van der Waals surface area contributed by atoms with E-state index in [-0.39, 0.29) is 5.69 Å². The summed E-state index contributed by atoms with van der Waals surface area (Å²) in [6, 6.07) is 11.8. The molecule has 0 atom stereocenters. The van der Waals surface area contributed by atoms with Gasteiger partial charge in [0.05, 0.1) is 16.3 Å². The molecule has 0 radical (unpaired) electrons. The molecule has 0 fully saturated rings. The van der Waals surface area contributed by atoms with Crippen LogP contribution in [-0.2, 0) is 0 Å². The highest BCUT2D eigenvalue weighted by Gasteiger charge is 2.12. The quantitative estimate of drug-likeness (QED) is 0.532. The van der Waals surface area contributed by atoms with E-state index < -0.39 is 4.92 Å². The standard InChI is InChI=1S/C16H15N3O4/c1-11(12-5-6-15-16(9-12)23-8-7-22-15)17-18-13-3-2-4-14(10-13)19(20)21/h2-6,9-10,18H,7-8H2,1H3/b17-11-. The Balaban J connectivity index is 1.77. The number of ether oxygens (including phenoxy) is 2. The van der Waals surface area contributed by atoms with E-state index >= 15 is 0 Å². The van der Waals surface area contributed by atoms with E-state index in [2.05, 4.69) is 10.5 Å². The summed E-state index contributed by atoms with van der Waals surface area (Å²) < 4.78 is 11.0. The van der Waals surface area contributed by atoms with Gasteiger partial charge in [0, 0.05) is 17.7 Å². The van der Waals surface area contributed by atoms with E-state index in [9.17, 15) is 10.1 Å². The van der Waals surface area contributed by atoms with Crippen LogP contribution in [0.1, 0.15) is 12.5 Å². The van der Waals surface area contributed by atoms with Crippen molar-refractivity contribution in [3.05, 3.63) is 58.1 Å². The minimum Gasteiger partial charge on any atom is -0.486 e. The molecule has 2 aromatic carbocycles. The molecular formula is C16H15N3O4. The first-order valence-electron chi connectivity index (χ1n) is 7.08. The highest BCUT2D eigenvalue weighted by atomic mass is 16.6. The number of nitrogens with one attached hydrogen (secondary N) is 1. The molecule has 1 heterocycles. The average molecular weight is 313 g/mol. The van der Waals surface area contributed by atoms with Crippen LogP contribution >= 0.6 is 0 Å². The highest BCUT2D eigenvalue weighted by molar-refractivity contribution is 5.99. The zero-order chi connectivity index (χ0) is 16.2. The van der Waals surface area contributed by atoms with Gasteiger partial charge in [0.1, 0.15) is 13.2 Å². The van der Waals surface area contributed by atoms with Gasteiger partial charge in [0.2, 0.25) is 0 Å². The van der Waals surface area contributed by atoms with Crippen molar-refractivity contribution >= 4 is 17.1 Å². The Morgan fingerprint density at radius 3 is 2.74 bits per heavy atom. The summed E-state index contributed by atoms with van der Waals surface area (Å²) in [6.07, 6.45) is 0. The Kier molecular flexibility index (Phi) is 4.09. The Labute approximate surface area is 132 Å². The molecular weight excluding hydrogens is 298 g/mol. The van der Waals surface area contributed by atoms with Crippen LogP contribution < -0.4 is 14.9 Å². The number of hydrogen-bond donors (Lipinski definition) is 1. The second-order valence-electron chi connectivity index (χ2n) is 4.97. The molecule has 0 bridgehead atoms. The molecule has 118 valence electrons. The van der Waals surface area contributed by atoms with E-state index in [1.807, 2.05) is 25.1 Å². The summed E-state index contributed by atoms with van der Waals surface area (Å²) in [5.74, 6) is 1.41. The zero-order valence-electron chi connectivity index (χ0n) is 12.5. The zero-order valence-corrected chi connectivity index (χ0v) is 12.5. The summed E-state index contributed by atoms with van der Waals surface area (Å²) in [4.78, 5) is 10.3. The number of benzene rings is 2. The number of rotatable bonds is 4. The van der Waals surface area contributed by atoms with Crippen molar-refractivity contribution in [3.8, 4) is 11.5 Å². The number of fused-ring (bicyclic) bond motifs is 1. The third-order valence-electron chi connectivity index (χ3n) is 3.37. The number of nitro groups is 1. The fraction of sp³-hybridized carbons (Fsp3) is 0.188. The molecule has 0 spiro atoms. The van der Waals surface area contributed by atoms with Crippen molar-refractivity contribution in [1.82, 2.24) is 0 Å². The minimum absolute atomic E-state index is 0.0159. The fourth-order valence-corrected chi connectivity index (χ4v) is 2.17. The molecule has 0 aliphatic carbocycles. The smallest absolute Gasteiger partial charge is 0.271 e. The van der Waals surface area contributed by atoms with Crippen molar-refractivity contribution in [2.45, 2.75) is 6.92 Å². The molecule has 7 nitrogen and oxygen atoms in total. The molecule has 0 aromatic heterocycles. The molecule has 0 amide bonds. The number of nitro benzene ring substituents is 1. The van der Waals surface area contributed by atoms with Crippen LogP contribution in [-0.4, -0.2) is 23.8 Å². The maximum Gasteiger partial charge on any atom is 0.271 e. The van der Waals surface area contributed by atoms with E-state index in [1.54, 1.807) is 12.1 Å². The first-order chi connectivity index (χ1) is 11.1. The predicted octanol–water partition coefficient (Wildman–Crippen LogP) is 3.20. The molecule has 2 aromatic rings. The molecule has 1 N–H and O–H groups in total. The van der Waals surface area contributed by atoms with Crippen LogP contribution in [0.3, 0.4) is 0 Å². The van der Waals surface area contributed by atoms with Gasteiger partial charge in [0.15, 0.2) is 11.5 Å². The number of nitrogens with zero attached hydrogens (tertiary/aromatic N) is 2. The largest absolute Gasteiger partial charge is 0.486 e. The van der Waals surface area contributed by atoms with Crippen LogP contribution in [0.4, 0.5) is 11.4 Å². The van der Waals surface area contributed by atoms with Gasteiger partial charge in [-0.25, -0.2) is 0 Å². The van der Waals surface area contributed by atoms with Crippen LogP contribution in [0.25, 0.3) is 0 Å². The molecule has 7 heteroatoms. The Morgan fingerprint density at radius 1 is 1.17 bits per heavy atom. The van der Waals surface area contributed by atoms with Gasteiger partial charge < -0.3 is 9.47 Å². The molecule has 1 aliphatic rings. The predicted molar refractivity (Wildman–Crippen MR) is 86.4 cm³/mol. The van der Waals surface area contributed by atoms with Crippen molar-refractivity contribution in [2.75, 3.05) is 18.6 Å². The lowest BCUT2D eigenvalue weighted by Gasteiger charge is -2.18. The van der Waals surface area contributed by atoms with E-state index in [4.69, 9.17) is 9.47 Å². The van der Waals surface area contributed by atoms with Gasteiger partial charge in [-0.3, -0.25) is 15.5 Å². The average Bonchev–Trinajstić information content (AvgIpc) is 2.59. The first-order valence-corrected chi connectivity index (χ1v) is 7.08. The van der Waals surface area contributed by atoms with Gasteiger partial charge in [0.25, 0.3) is 5.69 Å². The summed E-state index contributed by atoms with van der Waals surface area (Å²) >= 11 is 0. The number of hydrazone groups is 1. The van der Waals surface area contributed by atoms with Crippen molar-refractivity contribution in [3.63, 3.8) is 0 Å². The number of hydrogen-bond acceptors (Lipinski definition) is 6. The second-order valence-corrected chi connectivity index (χ2v) is 4.97. The topological polar surface area (TPSA) is 86.0 Å². The van der Waals surface area contributed by atoms with Gasteiger partial charge in [-0.2, -0.15) is 5.10 Å². The molecule has 1 aliphatic heterocycles. The van der Waals surface area contributed by atoms with E-state index in [0.29, 0.717) is 24.7 Å². The molecule has 23 heavy (non-hydrogen) atoms. The Bertz CT molecular complexity index is 774. The van der Waals surface area contributed by atoms with Gasteiger partial charge >= 0.3 is 0 Å². The van der Waals surface area contributed by atoms with Crippen LogP contribution in [0.2, 0.25) is 0 Å². The molecule has 0 saturated carbocycles. The second kappa shape index (κ2) is 6.35. The van der Waals surface area contributed by atoms with Crippen LogP contribution in [0, 0.1) is 10.1 Å². The third-order valence-corrected chi connectivity index (χ3v) is 3.37. The van der Waals surface area contributed by atoms with E-state index in [0.717, 1.165) is 17.0 Å². The molecule has 0 unspecified atom stereocenters.